The van der Waals surface area contributed by atoms with Crippen LogP contribution < -0.4 is 5.32 Å². The Kier molecular flexibility index (Phi) is 6.09. The van der Waals surface area contributed by atoms with E-state index in [9.17, 15) is 18.2 Å². The quantitative estimate of drug-likeness (QED) is 0.827. The summed E-state index contributed by atoms with van der Waals surface area (Å²) in [5.74, 6) is -2.68. The van der Waals surface area contributed by atoms with Gasteiger partial charge in [-0.15, -0.1) is 0 Å². The van der Waals surface area contributed by atoms with Crippen LogP contribution in [0.25, 0.3) is 0 Å². The molecular weight excluding hydrogens is 309 g/mol. The molecule has 1 rings (SSSR count). The van der Waals surface area contributed by atoms with Crippen LogP contribution in [0.1, 0.15) is 12.5 Å². The van der Waals surface area contributed by atoms with Gasteiger partial charge in [0.1, 0.15) is 11.9 Å². The van der Waals surface area contributed by atoms with Crippen molar-refractivity contribution in [3.63, 3.8) is 0 Å². The number of nitrogens with one attached hydrogen (secondary N) is 1. The van der Waals surface area contributed by atoms with Crippen molar-refractivity contribution < 1.29 is 23.3 Å². The predicted octanol–water partition coefficient (Wildman–Crippen LogP) is 1.32. The number of aliphatic carboxylic acids is 1. The van der Waals surface area contributed by atoms with Crippen molar-refractivity contribution in [2.75, 3.05) is 5.75 Å². The molecule has 0 bridgehead atoms. The van der Waals surface area contributed by atoms with Gasteiger partial charge in [0.15, 0.2) is 0 Å². The minimum absolute atomic E-state index is 0.0164. The van der Waals surface area contributed by atoms with E-state index in [0.717, 1.165) is 6.07 Å². The lowest BCUT2D eigenvalue weighted by Crippen LogP contribution is -2.43. The molecule has 0 aromatic heterocycles. The van der Waals surface area contributed by atoms with Gasteiger partial charge in [-0.2, -0.15) is 0 Å². The number of hydrogen-bond donors (Lipinski definition) is 2. The third-order valence-corrected chi connectivity index (χ3v) is 4.01. The summed E-state index contributed by atoms with van der Waals surface area (Å²) in [6.45, 7) is 1.17. The molecule has 0 spiro atoms. The van der Waals surface area contributed by atoms with E-state index in [1.54, 1.807) is 0 Å². The van der Waals surface area contributed by atoms with E-state index in [0.29, 0.717) is 5.56 Å². The lowest BCUT2D eigenvalue weighted by Gasteiger charge is -2.12. The van der Waals surface area contributed by atoms with Gasteiger partial charge in [0.25, 0.3) is 0 Å². The molecule has 2 atom stereocenters. The Bertz CT molecular complexity index is 552. The topological polar surface area (TPSA) is 83.5 Å². The van der Waals surface area contributed by atoms with Crippen LogP contribution >= 0.6 is 11.6 Å². The lowest BCUT2D eigenvalue weighted by molar-refractivity contribution is -0.140. The number of hydrogen-bond acceptors (Lipinski definition) is 3. The van der Waals surface area contributed by atoms with Crippen molar-refractivity contribution in [2.24, 2.45) is 0 Å². The first-order chi connectivity index (χ1) is 9.29. The number of halogens is 2. The largest absolute Gasteiger partial charge is 0.480 e. The van der Waals surface area contributed by atoms with Crippen molar-refractivity contribution in [2.45, 2.75) is 18.7 Å². The predicted molar refractivity (Wildman–Crippen MR) is 73.4 cm³/mol. The van der Waals surface area contributed by atoms with Gasteiger partial charge < -0.3 is 10.4 Å². The summed E-state index contributed by atoms with van der Waals surface area (Å²) in [4.78, 5) is 21.7. The molecule has 2 N–H and O–H groups in total. The van der Waals surface area contributed by atoms with Crippen LogP contribution in [0, 0.1) is 5.82 Å². The molecule has 1 aromatic carbocycles. The highest BCUT2D eigenvalue weighted by atomic mass is 35.5. The van der Waals surface area contributed by atoms with Gasteiger partial charge in [-0.3, -0.25) is 9.00 Å². The minimum Gasteiger partial charge on any atom is -0.480 e. The first-order valence-corrected chi connectivity index (χ1v) is 7.45. The molecule has 0 heterocycles. The normalized spacial score (nSPS) is 13.6. The van der Waals surface area contributed by atoms with Gasteiger partial charge in [-0.1, -0.05) is 17.7 Å². The van der Waals surface area contributed by atoms with E-state index in [1.165, 1.54) is 19.1 Å². The van der Waals surface area contributed by atoms with Crippen molar-refractivity contribution in [3.05, 3.63) is 34.6 Å². The monoisotopic (exact) mass is 321 g/mol. The Morgan fingerprint density at radius 2 is 2.15 bits per heavy atom. The maximum atomic E-state index is 13.2. The molecule has 2 unspecified atom stereocenters. The maximum Gasteiger partial charge on any atom is 0.327 e. The highest BCUT2D eigenvalue weighted by Crippen LogP contribution is 2.16. The zero-order valence-corrected chi connectivity index (χ0v) is 12.1. The van der Waals surface area contributed by atoms with Crippen LogP contribution in [0.3, 0.4) is 0 Å². The highest BCUT2D eigenvalue weighted by molar-refractivity contribution is 7.84. The summed E-state index contributed by atoms with van der Waals surface area (Å²) < 4.78 is 25.1. The van der Waals surface area contributed by atoms with Crippen molar-refractivity contribution in [1.82, 2.24) is 5.32 Å². The van der Waals surface area contributed by atoms with Crippen LogP contribution in [0.15, 0.2) is 18.2 Å². The third-order valence-electron chi connectivity index (χ3n) is 2.34. The van der Waals surface area contributed by atoms with Gasteiger partial charge in [0, 0.05) is 23.5 Å². The van der Waals surface area contributed by atoms with Crippen molar-refractivity contribution in [3.8, 4) is 0 Å². The SMILES string of the molecule is CC(=O)NC(CS(=O)Cc1ccc(Cl)c(F)c1)C(=O)O. The van der Waals surface area contributed by atoms with E-state index >= 15 is 0 Å². The second kappa shape index (κ2) is 7.35. The van der Waals surface area contributed by atoms with Gasteiger partial charge in [-0.25, -0.2) is 9.18 Å². The zero-order chi connectivity index (χ0) is 15.3. The van der Waals surface area contributed by atoms with Crippen LogP contribution in [-0.4, -0.2) is 33.0 Å². The van der Waals surface area contributed by atoms with Gasteiger partial charge >= 0.3 is 5.97 Å². The lowest BCUT2D eigenvalue weighted by atomic mass is 10.2. The molecule has 0 aliphatic carbocycles. The maximum absolute atomic E-state index is 13.2. The summed E-state index contributed by atoms with van der Waals surface area (Å²) in [7, 11) is -1.56. The molecule has 1 aromatic rings. The minimum atomic E-state index is -1.56. The van der Waals surface area contributed by atoms with Crippen molar-refractivity contribution in [1.29, 1.82) is 0 Å². The number of benzene rings is 1. The number of carboxylic acid groups (broad SMARTS) is 1. The third kappa shape index (κ3) is 5.26. The standard InChI is InChI=1S/C12H13ClFNO4S/c1-7(16)15-11(12(17)18)6-20(19)5-8-2-3-9(13)10(14)4-8/h2-4,11H,5-6H2,1H3,(H,15,16)(H,17,18). The van der Waals surface area contributed by atoms with Crippen LogP contribution in [0.5, 0.6) is 0 Å². The van der Waals surface area contributed by atoms with E-state index < -0.39 is 34.5 Å². The fourth-order valence-corrected chi connectivity index (χ4v) is 2.86. The molecule has 0 saturated heterocycles. The van der Waals surface area contributed by atoms with E-state index in [-0.39, 0.29) is 16.5 Å². The molecular formula is C12H13ClFNO4S. The van der Waals surface area contributed by atoms with E-state index in [4.69, 9.17) is 16.7 Å². The highest BCUT2D eigenvalue weighted by Gasteiger charge is 2.21. The summed E-state index contributed by atoms with van der Waals surface area (Å²) in [5.41, 5.74) is 0.442. The average Bonchev–Trinajstić information content (AvgIpc) is 2.32. The van der Waals surface area contributed by atoms with E-state index in [2.05, 4.69) is 5.32 Å². The molecule has 0 radical (unpaired) electrons. The molecule has 5 nitrogen and oxygen atoms in total. The van der Waals surface area contributed by atoms with Crippen LogP contribution in [0.2, 0.25) is 5.02 Å². The Morgan fingerprint density at radius 1 is 1.50 bits per heavy atom. The van der Waals surface area contributed by atoms with Gasteiger partial charge in [-0.05, 0) is 17.7 Å². The smallest absolute Gasteiger partial charge is 0.327 e. The molecule has 20 heavy (non-hydrogen) atoms. The molecule has 8 heteroatoms. The first kappa shape index (κ1) is 16.6. The molecule has 0 aliphatic heterocycles. The number of carboxylic acids is 1. The van der Waals surface area contributed by atoms with Crippen LogP contribution in [-0.2, 0) is 26.1 Å². The van der Waals surface area contributed by atoms with Gasteiger partial charge in [0.2, 0.25) is 5.91 Å². The average molecular weight is 322 g/mol. The molecule has 1 amide bonds. The summed E-state index contributed by atoms with van der Waals surface area (Å²) in [6.07, 6.45) is 0. The Balaban J connectivity index is 2.67. The molecule has 0 aliphatic rings. The second-order valence-corrected chi connectivity index (χ2v) is 6.00. The Labute approximate surface area is 122 Å². The first-order valence-electron chi connectivity index (χ1n) is 5.58. The Hall–Kier alpha value is -1.47. The summed E-state index contributed by atoms with van der Waals surface area (Å²) in [5, 5.41) is 11.0. The molecule has 0 saturated carbocycles. The van der Waals surface area contributed by atoms with Gasteiger partial charge in [0.05, 0.1) is 10.8 Å². The zero-order valence-electron chi connectivity index (χ0n) is 10.6. The Morgan fingerprint density at radius 3 is 2.65 bits per heavy atom. The molecule has 0 fully saturated rings. The van der Waals surface area contributed by atoms with Crippen LogP contribution in [0.4, 0.5) is 4.39 Å². The van der Waals surface area contributed by atoms with E-state index in [1.807, 2.05) is 0 Å². The fraction of sp³-hybridized carbons (Fsp3) is 0.333. The van der Waals surface area contributed by atoms with Crippen molar-refractivity contribution >= 4 is 34.3 Å². The summed E-state index contributed by atoms with van der Waals surface area (Å²) >= 11 is 5.52. The number of amides is 1. The second-order valence-electron chi connectivity index (χ2n) is 4.09. The number of carbonyl (C=O) groups excluding carboxylic acids is 1. The number of carbonyl (C=O) groups is 2. The molecule has 110 valence electrons. The fourth-order valence-electron chi connectivity index (χ4n) is 1.48. The number of rotatable bonds is 6. The summed E-state index contributed by atoms with van der Waals surface area (Å²) in [6, 6.07) is 2.77.